The van der Waals surface area contributed by atoms with Gasteiger partial charge in [-0.05, 0) is 12.8 Å². The lowest BCUT2D eigenvalue weighted by atomic mass is 9.81. The highest BCUT2D eigenvalue weighted by Crippen LogP contribution is 2.45. The van der Waals surface area contributed by atoms with Gasteiger partial charge in [-0.2, -0.15) is 8.42 Å². The van der Waals surface area contributed by atoms with Crippen LogP contribution >= 0.6 is 0 Å². The molecule has 0 bridgehead atoms. The van der Waals surface area contributed by atoms with Crippen LogP contribution in [0.2, 0.25) is 0 Å². The Labute approximate surface area is 102 Å². The van der Waals surface area contributed by atoms with Gasteiger partial charge in [-0.25, -0.2) is 8.98 Å². The number of amides is 1. The molecule has 1 N–H and O–H groups in total. The van der Waals surface area contributed by atoms with E-state index < -0.39 is 27.4 Å². The van der Waals surface area contributed by atoms with E-state index in [-0.39, 0.29) is 0 Å². The van der Waals surface area contributed by atoms with Gasteiger partial charge in [0.1, 0.15) is 0 Å². The predicted octanol–water partition coefficient (Wildman–Crippen LogP) is 1.48. The molecular formula is C10H19NO5S. The van der Waals surface area contributed by atoms with E-state index in [9.17, 15) is 13.2 Å². The number of hydrogen-bond acceptors (Lipinski definition) is 4. The van der Waals surface area contributed by atoms with Gasteiger partial charge in [0, 0.05) is 12.0 Å². The summed E-state index contributed by atoms with van der Waals surface area (Å²) < 4.78 is 27.9. The van der Waals surface area contributed by atoms with E-state index >= 15 is 0 Å². The van der Waals surface area contributed by atoms with Crippen LogP contribution in [0.1, 0.15) is 33.6 Å². The third-order valence-electron chi connectivity index (χ3n) is 3.03. The standard InChI is InChI=1S/C10H19NO5S/c1-9(2,3)10(16-17(4,14)15)6-5-7-11(10)8(12)13/h5-7H2,1-4H3,(H,12,13)/t10-/m1/s1. The fourth-order valence-corrected chi connectivity index (χ4v) is 3.21. The molecule has 17 heavy (non-hydrogen) atoms. The van der Waals surface area contributed by atoms with Crippen LogP contribution in [0.4, 0.5) is 4.79 Å². The van der Waals surface area contributed by atoms with Gasteiger partial charge < -0.3 is 5.11 Å². The lowest BCUT2D eigenvalue weighted by Crippen LogP contribution is -2.57. The summed E-state index contributed by atoms with van der Waals surface area (Å²) in [6.45, 7) is 5.63. The molecule has 1 rings (SSSR count). The topological polar surface area (TPSA) is 83.9 Å². The Kier molecular flexibility index (Phi) is 3.46. The SMILES string of the molecule is CC(C)(C)[C@]1(OS(C)(=O)=O)CCCN1C(=O)O. The van der Waals surface area contributed by atoms with Crippen LogP contribution in [0.3, 0.4) is 0 Å². The van der Waals surface area contributed by atoms with Gasteiger partial charge in [0.2, 0.25) is 0 Å². The largest absolute Gasteiger partial charge is 0.465 e. The Hall–Kier alpha value is -0.820. The highest BCUT2D eigenvalue weighted by atomic mass is 32.2. The Balaban J connectivity index is 3.24. The molecule has 1 heterocycles. The van der Waals surface area contributed by atoms with Crippen LogP contribution in [-0.2, 0) is 14.3 Å². The fraction of sp³-hybridized carbons (Fsp3) is 0.900. The number of likely N-dealkylation sites (tertiary alicyclic amines) is 1. The molecule has 1 saturated heterocycles. The third-order valence-corrected chi connectivity index (χ3v) is 3.60. The second-order valence-electron chi connectivity index (χ2n) is 5.36. The predicted molar refractivity (Wildman–Crippen MR) is 62.1 cm³/mol. The third kappa shape index (κ3) is 2.71. The second kappa shape index (κ2) is 4.13. The minimum Gasteiger partial charge on any atom is -0.465 e. The van der Waals surface area contributed by atoms with Gasteiger partial charge in [0.15, 0.2) is 5.72 Å². The first-order chi connectivity index (χ1) is 7.50. The lowest BCUT2D eigenvalue weighted by molar-refractivity contribution is -0.115. The molecule has 1 aliphatic heterocycles. The van der Waals surface area contributed by atoms with Crippen LogP contribution in [0.25, 0.3) is 0 Å². The highest BCUT2D eigenvalue weighted by molar-refractivity contribution is 7.86. The molecule has 0 aromatic heterocycles. The zero-order chi connectivity index (χ0) is 13.5. The van der Waals surface area contributed by atoms with Crippen molar-refractivity contribution in [2.45, 2.75) is 39.3 Å². The van der Waals surface area contributed by atoms with Gasteiger partial charge in [0.05, 0.1) is 6.26 Å². The zero-order valence-electron chi connectivity index (χ0n) is 10.6. The summed E-state index contributed by atoms with van der Waals surface area (Å²) in [7, 11) is -3.72. The van der Waals surface area contributed by atoms with Crippen LogP contribution in [-0.4, -0.2) is 43.0 Å². The van der Waals surface area contributed by atoms with Crippen LogP contribution in [0.15, 0.2) is 0 Å². The molecule has 1 amide bonds. The van der Waals surface area contributed by atoms with Crippen LogP contribution in [0, 0.1) is 5.41 Å². The number of nitrogens with zero attached hydrogens (tertiary/aromatic N) is 1. The van der Waals surface area contributed by atoms with E-state index in [0.717, 1.165) is 11.2 Å². The van der Waals surface area contributed by atoms with Gasteiger partial charge in [-0.1, -0.05) is 20.8 Å². The molecule has 6 nitrogen and oxygen atoms in total. The van der Waals surface area contributed by atoms with E-state index in [4.69, 9.17) is 9.29 Å². The molecule has 1 aliphatic rings. The van der Waals surface area contributed by atoms with E-state index in [2.05, 4.69) is 0 Å². The number of rotatable bonds is 2. The van der Waals surface area contributed by atoms with E-state index in [1.54, 1.807) is 20.8 Å². The van der Waals surface area contributed by atoms with Gasteiger partial charge in [0.25, 0.3) is 10.1 Å². The van der Waals surface area contributed by atoms with E-state index in [1.165, 1.54) is 0 Å². The maximum Gasteiger partial charge on any atom is 0.409 e. The molecule has 100 valence electrons. The van der Waals surface area contributed by atoms with Crippen molar-refractivity contribution in [2.75, 3.05) is 12.8 Å². The molecule has 7 heteroatoms. The summed E-state index contributed by atoms with van der Waals surface area (Å²) in [6, 6.07) is 0. The van der Waals surface area contributed by atoms with Gasteiger partial charge in [-0.15, -0.1) is 0 Å². The number of carboxylic acid groups (broad SMARTS) is 1. The monoisotopic (exact) mass is 265 g/mol. The highest BCUT2D eigenvalue weighted by Gasteiger charge is 2.55. The van der Waals surface area contributed by atoms with Crippen molar-refractivity contribution in [3.8, 4) is 0 Å². The average molecular weight is 265 g/mol. The van der Waals surface area contributed by atoms with E-state index in [1.807, 2.05) is 0 Å². The normalized spacial score (nSPS) is 26.2. The zero-order valence-corrected chi connectivity index (χ0v) is 11.4. The van der Waals surface area contributed by atoms with Crippen molar-refractivity contribution < 1.29 is 22.5 Å². The molecule has 0 aromatic carbocycles. The van der Waals surface area contributed by atoms with Crippen molar-refractivity contribution >= 4 is 16.2 Å². The maximum absolute atomic E-state index is 11.4. The first-order valence-electron chi connectivity index (χ1n) is 5.41. The molecular weight excluding hydrogens is 246 g/mol. The minimum atomic E-state index is -3.72. The van der Waals surface area contributed by atoms with Gasteiger partial charge in [-0.3, -0.25) is 4.90 Å². The van der Waals surface area contributed by atoms with Crippen molar-refractivity contribution in [3.63, 3.8) is 0 Å². The molecule has 0 unspecified atom stereocenters. The summed E-state index contributed by atoms with van der Waals surface area (Å²) in [6.07, 6.45) is 0.773. The summed E-state index contributed by atoms with van der Waals surface area (Å²) in [5.74, 6) is 0. The van der Waals surface area contributed by atoms with Crippen LogP contribution < -0.4 is 0 Å². The van der Waals surface area contributed by atoms with Crippen molar-refractivity contribution in [1.82, 2.24) is 4.90 Å². The molecule has 0 saturated carbocycles. The Bertz CT molecular complexity index is 411. The Morgan fingerprint density at radius 3 is 2.29 bits per heavy atom. The van der Waals surface area contributed by atoms with Gasteiger partial charge >= 0.3 is 6.09 Å². The summed E-state index contributed by atoms with van der Waals surface area (Å²) in [5, 5.41) is 9.16. The Morgan fingerprint density at radius 2 is 1.94 bits per heavy atom. The van der Waals surface area contributed by atoms with E-state index in [0.29, 0.717) is 19.4 Å². The molecule has 0 aromatic rings. The molecule has 0 radical (unpaired) electrons. The average Bonchev–Trinajstić information content (AvgIpc) is 2.44. The number of carbonyl (C=O) groups is 1. The smallest absolute Gasteiger partial charge is 0.409 e. The van der Waals surface area contributed by atoms with Crippen molar-refractivity contribution in [2.24, 2.45) is 5.41 Å². The summed E-state index contributed by atoms with van der Waals surface area (Å²) in [4.78, 5) is 12.3. The second-order valence-corrected chi connectivity index (χ2v) is 6.93. The van der Waals surface area contributed by atoms with Crippen molar-refractivity contribution in [1.29, 1.82) is 0 Å². The minimum absolute atomic E-state index is 0.294. The quantitative estimate of drug-likeness (QED) is 0.764. The number of hydrogen-bond donors (Lipinski definition) is 1. The Morgan fingerprint density at radius 1 is 1.41 bits per heavy atom. The first-order valence-corrected chi connectivity index (χ1v) is 7.22. The molecule has 0 aliphatic carbocycles. The first kappa shape index (κ1) is 14.2. The summed E-state index contributed by atoms with van der Waals surface area (Å²) >= 11 is 0. The fourth-order valence-electron chi connectivity index (χ4n) is 2.28. The summed E-state index contributed by atoms with van der Waals surface area (Å²) in [5.41, 5.74) is -1.92. The maximum atomic E-state index is 11.4. The molecule has 1 atom stereocenters. The van der Waals surface area contributed by atoms with Crippen molar-refractivity contribution in [3.05, 3.63) is 0 Å². The molecule has 1 fully saturated rings. The molecule has 0 spiro atoms. The van der Waals surface area contributed by atoms with Crippen LogP contribution in [0.5, 0.6) is 0 Å². The lowest BCUT2D eigenvalue weighted by Gasteiger charge is -2.45.